The second-order valence-electron chi connectivity index (χ2n) is 9.06. The van der Waals surface area contributed by atoms with Gasteiger partial charge in [-0.15, -0.1) is 0 Å². The number of nitrogens with two attached hydrogens (primary N) is 1. The van der Waals surface area contributed by atoms with Gasteiger partial charge in [0.2, 0.25) is 0 Å². The zero-order valence-electron chi connectivity index (χ0n) is 21.0. The highest BCUT2D eigenvalue weighted by atomic mass is 16.6. The summed E-state index contributed by atoms with van der Waals surface area (Å²) in [7, 11) is 0. The molecule has 1 aliphatic rings. The fourth-order valence-corrected chi connectivity index (χ4v) is 4.05. The molecule has 2 rings (SSSR count). The minimum absolute atomic E-state index is 0.0363. The van der Waals surface area contributed by atoms with Crippen LogP contribution in [-0.2, 0) is 23.8 Å². The highest BCUT2D eigenvalue weighted by Crippen LogP contribution is 2.31. The minimum atomic E-state index is -1.35. The van der Waals surface area contributed by atoms with Gasteiger partial charge in [-0.1, -0.05) is 65.2 Å². The first-order valence-electron chi connectivity index (χ1n) is 12.9. The molecule has 10 heteroatoms. The van der Waals surface area contributed by atoms with Crippen LogP contribution in [0, 0.1) is 0 Å². The van der Waals surface area contributed by atoms with E-state index in [9.17, 15) is 19.5 Å². The van der Waals surface area contributed by atoms with Crippen LogP contribution in [0.15, 0.2) is 17.1 Å². The third kappa shape index (κ3) is 9.60. The number of carbonyl (C=O) groups is 2. The number of nitrogen functional groups attached to an aromatic ring is 1. The number of rotatable bonds is 16. The van der Waals surface area contributed by atoms with E-state index in [-0.39, 0.29) is 31.2 Å². The highest BCUT2D eigenvalue weighted by molar-refractivity contribution is 5.70. The molecule has 0 bridgehead atoms. The van der Waals surface area contributed by atoms with E-state index in [4.69, 9.17) is 19.9 Å². The number of nitrogens with zero attached hydrogens (tertiary/aromatic N) is 2. The van der Waals surface area contributed by atoms with Gasteiger partial charge in [-0.3, -0.25) is 14.2 Å². The fraction of sp³-hybridized carbons (Fsp3) is 0.760. The standard InChI is InChI=1S/C25H41N3O7/c1-3-5-7-9-11-13-20(29)33-17-18-23(35-21(30)14-12-10-8-6-4-2)22(31)24(34-18)28-16-15-19(26)27-25(28)32/h15-16,18,22-24,31H,3-14,17H2,1-2H3,(H2,26,27,32)/t18-,22+,23-,24-/m1/s1. The lowest BCUT2D eigenvalue weighted by molar-refractivity contribution is -0.160. The normalized spacial score (nSPS) is 21.7. The van der Waals surface area contributed by atoms with Gasteiger partial charge in [0.05, 0.1) is 0 Å². The maximum absolute atomic E-state index is 12.4. The number of anilines is 1. The van der Waals surface area contributed by atoms with Gasteiger partial charge < -0.3 is 25.1 Å². The Morgan fingerprint density at radius 1 is 1.03 bits per heavy atom. The first-order valence-corrected chi connectivity index (χ1v) is 12.9. The van der Waals surface area contributed by atoms with Gasteiger partial charge in [0.15, 0.2) is 12.3 Å². The lowest BCUT2D eigenvalue weighted by Gasteiger charge is -2.21. The van der Waals surface area contributed by atoms with Crippen LogP contribution in [0.4, 0.5) is 5.82 Å². The van der Waals surface area contributed by atoms with Gasteiger partial charge in [0.1, 0.15) is 24.6 Å². The van der Waals surface area contributed by atoms with E-state index in [1.165, 1.54) is 12.3 Å². The largest absolute Gasteiger partial charge is 0.463 e. The van der Waals surface area contributed by atoms with Gasteiger partial charge in [-0.05, 0) is 18.9 Å². The van der Waals surface area contributed by atoms with Crippen LogP contribution in [-0.4, -0.2) is 51.5 Å². The second kappa shape index (κ2) is 15.5. The second-order valence-corrected chi connectivity index (χ2v) is 9.06. The Morgan fingerprint density at radius 2 is 1.63 bits per heavy atom. The molecule has 1 aromatic heterocycles. The summed E-state index contributed by atoms with van der Waals surface area (Å²) in [5.74, 6) is -0.811. The zero-order chi connectivity index (χ0) is 25.6. The van der Waals surface area contributed by atoms with E-state index in [2.05, 4.69) is 18.8 Å². The van der Waals surface area contributed by atoms with Gasteiger partial charge in [-0.25, -0.2) is 4.79 Å². The number of hydrogen-bond donors (Lipinski definition) is 2. The van der Waals surface area contributed by atoms with Crippen LogP contribution in [0.25, 0.3) is 0 Å². The molecule has 0 radical (unpaired) electrons. The van der Waals surface area contributed by atoms with Gasteiger partial charge in [-0.2, -0.15) is 4.98 Å². The Bertz CT molecular complexity index is 845. The first-order chi connectivity index (χ1) is 16.9. The van der Waals surface area contributed by atoms with Crippen molar-refractivity contribution in [3.05, 3.63) is 22.7 Å². The average Bonchev–Trinajstić information content (AvgIpc) is 3.12. The van der Waals surface area contributed by atoms with Crippen molar-refractivity contribution in [1.82, 2.24) is 9.55 Å². The number of unbranched alkanes of at least 4 members (excludes halogenated alkanes) is 8. The van der Waals surface area contributed by atoms with E-state index < -0.39 is 36.2 Å². The molecule has 0 amide bonds. The Labute approximate surface area is 207 Å². The fourth-order valence-electron chi connectivity index (χ4n) is 4.05. The van der Waals surface area contributed by atoms with Crippen molar-refractivity contribution in [3.63, 3.8) is 0 Å². The molecule has 1 saturated heterocycles. The molecule has 2 heterocycles. The lowest BCUT2D eigenvalue weighted by atomic mass is 10.1. The predicted octanol–water partition coefficient (Wildman–Crippen LogP) is 3.26. The van der Waals surface area contributed by atoms with Crippen LogP contribution in [0.1, 0.15) is 97.1 Å². The molecule has 0 unspecified atom stereocenters. The number of aliphatic hydroxyl groups excluding tert-OH is 1. The molecule has 35 heavy (non-hydrogen) atoms. The molecule has 1 aliphatic heterocycles. The van der Waals surface area contributed by atoms with Crippen LogP contribution >= 0.6 is 0 Å². The lowest BCUT2D eigenvalue weighted by Crippen LogP contribution is -2.39. The smallest absolute Gasteiger partial charge is 0.351 e. The van der Waals surface area contributed by atoms with E-state index in [0.717, 1.165) is 62.4 Å². The molecule has 1 fully saturated rings. The number of hydrogen-bond acceptors (Lipinski definition) is 9. The van der Waals surface area contributed by atoms with Crippen LogP contribution < -0.4 is 11.4 Å². The van der Waals surface area contributed by atoms with Crippen molar-refractivity contribution in [3.8, 4) is 0 Å². The summed E-state index contributed by atoms with van der Waals surface area (Å²) in [5, 5.41) is 10.9. The number of aromatic nitrogens is 2. The summed E-state index contributed by atoms with van der Waals surface area (Å²) in [6, 6.07) is 1.40. The first kappa shape index (κ1) is 28.8. The van der Waals surface area contributed by atoms with Gasteiger partial charge in [0, 0.05) is 19.0 Å². The van der Waals surface area contributed by atoms with Crippen LogP contribution in [0.2, 0.25) is 0 Å². The van der Waals surface area contributed by atoms with Crippen molar-refractivity contribution in [2.45, 2.75) is 115 Å². The van der Waals surface area contributed by atoms with E-state index in [1.807, 2.05) is 0 Å². The molecule has 0 spiro atoms. The Kier molecular flexibility index (Phi) is 12.8. The monoisotopic (exact) mass is 495 g/mol. The molecular weight excluding hydrogens is 454 g/mol. The average molecular weight is 496 g/mol. The maximum Gasteiger partial charge on any atom is 0.351 e. The van der Waals surface area contributed by atoms with Crippen molar-refractivity contribution < 1.29 is 28.9 Å². The Morgan fingerprint density at radius 3 is 2.23 bits per heavy atom. The molecule has 4 atom stereocenters. The van der Waals surface area contributed by atoms with E-state index in [1.54, 1.807) is 0 Å². The molecule has 3 N–H and O–H groups in total. The summed E-state index contributed by atoms with van der Waals surface area (Å²) in [5.41, 5.74) is 4.84. The molecule has 10 nitrogen and oxygen atoms in total. The highest BCUT2D eigenvalue weighted by Gasteiger charge is 2.48. The van der Waals surface area contributed by atoms with Gasteiger partial charge >= 0.3 is 17.6 Å². The van der Waals surface area contributed by atoms with Gasteiger partial charge in [0.25, 0.3) is 0 Å². The molecule has 0 aromatic carbocycles. The molecular formula is C25H41N3O7. The zero-order valence-corrected chi connectivity index (χ0v) is 21.0. The maximum atomic E-state index is 12.4. The van der Waals surface area contributed by atoms with Crippen molar-refractivity contribution in [2.75, 3.05) is 12.3 Å². The molecule has 198 valence electrons. The van der Waals surface area contributed by atoms with Crippen molar-refractivity contribution >= 4 is 17.8 Å². The predicted molar refractivity (Wildman–Crippen MR) is 130 cm³/mol. The quantitative estimate of drug-likeness (QED) is 0.261. The van der Waals surface area contributed by atoms with Crippen LogP contribution in [0.5, 0.6) is 0 Å². The Balaban J connectivity index is 1.99. The summed E-state index contributed by atoms with van der Waals surface area (Å²) in [6.07, 6.45) is 7.22. The molecule has 0 saturated carbocycles. The van der Waals surface area contributed by atoms with Crippen molar-refractivity contribution in [1.29, 1.82) is 0 Å². The van der Waals surface area contributed by atoms with E-state index in [0.29, 0.717) is 6.42 Å². The number of carbonyl (C=O) groups excluding carboxylic acids is 2. The van der Waals surface area contributed by atoms with Crippen molar-refractivity contribution in [2.24, 2.45) is 0 Å². The third-order valence-electron chi connectivity index (χ3n) is 6.08. The number of ether oxygens (including phenoxy) is 3. The third-order valence-corrected chi connectivity index (χ3v) is 6.08. The summed E-state index contributed by atoms with van der Waals surface area (Å²) >= 11 is 0. The summed E-state index contributed by atoms with van der Waals surface area (Å²) < 4.78 is 17.8. The molecule has 1 aromatic rings. The summed E-state index contributed by atoms with van der Waals surface area (Å²) in [4.78, 5) is 40.6. The topological polar surface area (TPSA) is 143 Å². The molecule has 0 aliphatic carbocycles. The summed E-state index contributed by atoms with van der Waals surface area (Å²) in [6.45, 7) is 4.04. The van der Waals surface area contributed by atoms with E-state index >= 15 is 0 Å². The van der Waals surface area contributed by atoms with Crippen LogP contribution in [0.3, 0.4) is 0 Å². The number of esters is 2. The minimum Gasteiger partial charge on any atom is -0.463 e. The Hall–Kier alpha value is -2.46. The number of aliphatic hydroxyl groups is 1. The SMILES string of the molecule is CCCCCCCC(=O)OC[C@H]1O[C@@H](n2ccc(N)nc2=O)[C@@H](O)[C@@H]1OC(=O)CCCCCCC.